The number of hydrogen-bond acceptors (Lipinski definition) is 5. The van der Waals surface area contributed by atoms with Crippen molar-refractivity contribution in [1.82, 2.24) is 0 Å². The molecule has 0 aromatic heterocycles. The summed E-state index contributed by atoms with van der Waals surface area (Å²) in [6.07, 6.45) is 2.80. The summed E-state index contributed by atoms with van der Waals surface area (Å²) in [5, 5.41) is 9.25. The third-order valence-corrected chi connectivity index (χ3v) is 3.54. The highest BCUT2D eigenvalue weighted by molar-refractivity contribution is 6.34. The molecule has 0 atom stereocenters. The van der Waals surface area contributed by atoms with Crippen molar-refractivity contribution in [2.24, 2.45) is 0 Å². The van der Waals surface area contributed by atoms with E-state index in [0.717, 1.165) is 0 Å². The second-order valence-corrected chi connectivity index (χ2v) is 5.53. The SMILES string of the molecule is COc1cc(/C=C/C(=O)Oc2cc(Cl)ccc2Cl)ccc1OCC#N. The maximum absolute atomic E-state index is 11.9. The zero-order valence-electron chi connectivity index (χ0n) is 13.2. The van der Waals surface area contributed by atoms with Crippen LogP contribution in [-0.4, -0.2) is 19.7 Å². The molecule has 0 radical (unpaired) electrons. The van der Waals surface area contributed by atoms with Gasteiger partial charge in [0.1, 0.15) is 6.07 Å². The molecule has 0 spiro atoms. The number of nitrogens with zero attached hydrogens (tertiary/aromatic N) is 1. The zero-order valence-corrected chi connectivity index (χ0v) is 14.7. The molecule has 0 saturated heterocycles. The summed E-state index contributed by atoms with van der Waals surface area (Å²) in [5.74, 6) is 0.465. The first-order valence-electron chi connectivity index (χ1n) is 7.06. The maximum Gasteiger partial charge on any atom is 0.336 e. The van der Waals surface area contributed by atoms with Crippen LogP contribution < -0.4 is 14.2 Å². The van der Waals surface area contributed by atoms with Crippen LogP contribution in [0.2, 0.25) is 10.0 Å². The van der Waals surface area contributed by atoms with E-state index in [9.17, 15) is 4.79 Å². The van der Waals surface area contributed by atoms with Gasteiger partial charge in [-0.3, -0.25) is 0 Å². The Kier molecular flexibility index (Phi) is 6.70. The lowest BCUT2D eigenvalue weighted by molar-refractivity contribution is -0.128. The Hall–Kier alpha value is -2.68. The molecule has 2 aromatic rings. The molecule has 7 heteroatoms. The lowest BCUT2D eigenvalue weighted by Crippen LogP contribution is -2.04. The van der Waals surface area contributed by atoms with Crippen molar-refractivity contribution >= 4 is 35.2 Å². The van der Waals surface area contributed by atoms with Crippen LogP contribution in [0.5, 0.6) is 17.2 Å². The van der Waals surface area contributed by atoms with Gasteiger partial charge in [-0.2, -0.15) is 5.26 Å². The van der Waals surface area contributed by atoms with Crippen LogP contribution in [0.4, 0.5) is 0 Å². The van der Waals surface area contributed by atoms with Gasteiger partial charge in [-0.25, -0.2) is 4.79 Å². The Morgan fingerprint density at radius 2 is 1.96 bits per heavy atom. The van der Waals surface area contributed by atoms with E-state index in [4.69, 9.17) is 42.7 Å². The summed E-state index contributed by atoms with van der Waals surface area (Å²) in [5.41, 5.74) is 0.690. The predicted molar refractivity (Wildman–Crippen MR) is 95.2 cm³/mol. The Labute approximate surface area is 154 Å². The molecule has 0 aliphatic heterocycles. The summed E-state index contributed by atoms with van der Waals surface area (Å²) in [7, 11) is 1.48. The van der Waals surface area contributed by atoms with Crippen molar-refractivity contribution in [3.63, 3.8) is 0 Å². The molecular formula is C18H13Cl2NO4. The Morgan fingerprint density at radius 3 is 2.68 bits per heavy atom. The van der Waals surface area contributed by atoms with Crippen molar-refractivity contribution in [3.8, 4) is 23.3 Å². The molecule has 2 rings (SSSR count). The number of rotatable bonds is 6. The van der Waals surface area contributed by atoms with Gasteiger partial charge < -0.3 is 14.2 Å². The minimum atomic E-state index is -0.604. The molecule has 25 heavy (non-hydrogen) atoms. The molecule has 0 aliphatic rings. The van der Waals surface area contributed by atoms with E-state index in [1.807, 2.05) is 6.07 Å². The quantitative estimate of drug-likeness (QED) is 0.420. The molecule has 2 aromatic carbocycles. The van der Waals surface area contributed by atoms with Crippen molar-refractivity contribution in [2.45, 2.75) is 0 Å². The molecule has 128 valence electrons. The highest BCUT2D eigenvalue weighted by atomic mass is 35.5. The number of carbonyl (C=O) groups is 1. The lowest BCUT2D eigenvalue weighted by Gasteiger charge is -2.08. The smallest absolute Gasteiger partial charge is 0.336 e. The van der Waals surface area contributed by atoms with Gasteiger partial charge in [0.05, 0.1) is 12.1 Å². The number of esters is 1. The van der Waals surface area contributed by atoms with Crippen LogP contribution in [0.25, 0.3) is 6.08 Å². The third kappa shape index (κ3) is 5.42. The molecule has 0 aliphatic carbocycles. The minimum Gasteiger partial charge on any atom is -0.493 e. The molecular weight excluding hydrogens is 365 g/mol. The number of benzene rings is 2. The van der Waals surface area contributed by atoms with E-state index >= 15 is 0 Å². The summed E-state index contributed by atoms with van der Waals surface area (Å²) >= 11 is 11.8. The number of halogens is 2. The van der Waals surface area contributed by atoms with Gasteiger partial charge in [0, 0.05) is 17.2 Å². The van der Waals surface area contributed by atoms with Crippen molar-refractivity contribution in [2.75, 3.05) is 13.7 Å². The highest BCUT2D eigenvalue weighted by Gasteiger charge is 2.08. The molecule has 0 amide bonds. The zero-order chi connectivity index (χ0) is 18.2. The van der Waals surface area contributed by atoms with E-state index in [1.165, 1.54) is 19.3 Å². The fourth-order valence-electron chi connectivity index (χ4n) is 1.88. The van der Waals surface area contributed by atoms with Crippen LogP contribution in [0, 0.1) is 11.3 Å². The Balaban J connectivity index is 2.09. The van der Waals surface area contributed by atoms with Crippen LogP contribution in [0.1, 0.15) is 5.56 Å². The van der Waals surface area contributed by atoms with Gasteiger partial charge in [-0.05, 0) is 35.9 Å². The number of methoxy groups -OCH3 is 1. The molecule has 0 fully saturated rings. The molecule has 0 heterocycles. The van der Waals surface area contributed by atoms with Crippen molar-refractivity contribution < 1.29 is 19.0 Å². The Bertz CT molecular complexity index is 843. The van der Waals surface area contributed by atoms with E-state index < -0.39 is 5.97 Å². The first-order valence-corrected chi connectivity index (χ1v) is 7.82. The average molecular weight is 378 g/mol. The molecule has 0 N–H and O–H groups in total. The number of nitriles is 1. The van der Waals surface area contributed by atoms with Crippen LogP contribution in [0.15, 0.2) is 42.5 Å². The standard InChI is InChI=1S/C18H13Cl2NO4/c1-23-17-10-12(2-6-15(17)24-9-8-21)3-7-18(22)25-16-11-13(19)4-5-14(16)20/h2-7,10-11H,9H2,1H3/b7-3+. The van der Waals surface area contributed by atoms with E-state index in [0.29, 0.717) is 22.1 Å². The highest BCUT2D eigenvalue weighted by Crippen LogP contribution is 2.29. The summed E-state index contributed by atoms with van der Waals surface area (Å²) in [6, 6.07) is 11.5. The minimum absolute atomic E-state index is 0.0851. The first-order chi connectivity index (χ1) is 12.0. The summed E-state index contributed by atoms with van der Waals surface area (Å²) in [6.45, 7) is -0.0851. The lowest BCUT2D eigenvalue weighted by atomic mass is 10.2. The molecule has 0 saturated carbocycles. The molecule has 5 nitrogen and oxygen atoms in total. The van der Waals surface area contributed by atoms with E-state index in [2.05, 4.69) is 0 Å². The van der Waals surface area contributed by atoms with Gasteiger partial charge in [-0.15, -0.1) is 0 Å². The van der Waals surface area contributed by atoms with Crippen LogP contribution in [-0.2, 0) is 4.79 Å². The van der Waals surface area contributed by atoms with Gasteiger partial charge in [0.25, 0.3) is 0 Å². The van der Waals surface area contributed by atoms with Gasteiger partial charge >= 0.3 is 5.97 Å². The van der Waals surface area contributed by atoms with Crippen LogP contribution in [0.3, 0.4) is 0 Å². The normalized spacial score (nSPS) is 10.3. The second kappa shape index (κ2) is 8.97. The fourth-order valence-corrected chi connectivity index (χ4v) is 2.20. The molecule has 0 bridgehead atoms. The maximum atomic E-state index is 11.9. The topological polar surface area (TPSA) is 68.6 Å². The van der Waals surface area contributed by atoms with Crippen molar-refractivity contribution in [3.05, 3.63) is 58.1 Å². The number of carbonyl (C=O) groups excluding carboxylic acids is 1. The monoisotopic (exact) mass is 377 g/mol. The van der Waals surface area contributed by atoms with Crippen LogP contribution >= 0.6 is 23.2 Å². The number of ether oxygens (including phenoxy) is 3. The average Bonchev–Trinajstić information content (AvgIpc) is 2.61. The van der Waals surface area contributed by atoms with E-state index in [1.54, 1.807) is 36.4 Å². The molecule has 0 unspecified atom stereocenters. The summed E-state index contributed by atoms with van der Waals surface area (Å²) in [4.78, 5) is 11.9. The fraction of sp³-hybridized carbons (Fsp3) is 0.111. The first kappa shape index (κ1) is 18.7. The van der Waals surface area contributed by atoms with Gasteiger partial charge in [0.2, 0.25) is 0 Å². The Morgan fingerprint density at radius 1 is 1.16 bits per heavy atom. The largest absolute Gasteiger partial charge is 0.493 e. The third-order valence-electron chi connectivity index (χ3n) is 3.00. The van der Waals surface area contributed by atoms with E-state index in [-0.39, 0.29) is 17.4 Å². The summed E-state index contributed by atoms with van der Waals surface area (Å²) < 4.78 is 15.6. The second-order valence-electron chi connectivity index (χ2n) is 4.69. The van der Waals surface area contributed by atoms with Crippen molar-refractivity contribution in [1.29, 1.82) is 5.26 Å². The van der Waals surface area contributed by atoms with Gasteiger partial charge in [-0.1, -0.05) is 29.3 Å². The number of hydrogen-bond donors (Lipinski definition) is 0. The van der Waals surface area contributed by atoms with Gasteiger partial charge in [0.15, 0.2) is 23.9 Å². The predicted octanol–water partition coefficient (Wildman–Crippen LogP) is 4.52.